The number of aryl methyl sites for hydroxylation is 1. The highest BCUT2D eigenvalue weighted by atomic mass is 19.1. The van der Waals surface area contributed by atoms with Crippen LogP contribution in [0.5, 0.6) is 5.75 Å². The van der Waals surface area contributed by atoms with Gasteiger partial charge in [0.2, 0.25) is 0 Å². The van der Waals surface area contributed by atoms with Gasteiger partial charge in [0.15, 0.2) is 0 Å². The molecule has 0 unspecified atom stereocenters. The Morgan fingerprint density at radius 2 is 2.18 bits per heavy atom. The lowest BCUT2D eigenvalue weighted by Crippen LogP contribution is -1.93. The van der Waals surface area contributed by atoms with E-state index in [9.17, 15) is 9.18 Å². The third-order valence-electron chi connectivity index (χ3n) is 2.57. The highest BCUT2D eigenvalue weighted by molar-refractivity contribution is 5.92. The maximum atomic E-state index is 13.5. The summed E-state index contributed by atoms with van der Waals surface area (Å²) in [4.78, 5) is 10.3. The highest BCUT2D eigenvalue weighted by Gasteiger charge is 2.09. The van der Waals surface area contributed by atoms with Crippen molar-refractivity contribution >= 4 is 17.2 Å². The molecule has 0 N–H and O–H groups in total. The average Bonchev–Trinajstić information content (AvgIpc) is 2.30. The summed E-state index contributed by atoms with van der Waals surface area (Å²) in [6, 6.07) is 6.21. The van der Waals surface area contributed by atoms with Gasteiger partial charge in [-0.25, -0.2) is 4.39 Å². The molecule has 84 valence electrons. The second kappa shape index (κ2) is 4.26. The van der Waals surface area contributed by atoms with Gasteiger partial charge >= 0.3 is 0 Å². The van der Waals surface area contributed by atoms with Gasteiger partial charge in [0.25, 0.3) is 6.47 Å². The van der Waals surface area contributed by atoms with Crippen molar-refractivity contribution in [2.75, 3.05) is 0 Å². The second-order valence-electron chi connectivity index (χ2n) is 3.62. The molecule has 0 heterocycles. The minimum Gasteiger partial charge on any atom is -0.429 e. The molecule has 3 heteroatoms. The minimum atomic E-state index is -0.424. The van der Waals surface area contributed by atoms with Crippen LogP contribution in [0.15, 0.2) is 24.3 Å². The monoisotopic (exact) mass is 228 g/mol. The summed E-state index contributed by atoms with van der Waals surface area (Å²) in [6.07, 6.45) is 5.30. The van der Waals surface area contributed by atoms with Gasteiger partial charge < -0.3 is 4.74 Å². The Balaban J connectivity index is 2.81. The number of benzene rings is 2. The molecule has 0 aromatic heterocycles. The normalized spacial score (nSPS) is 9.94. The number of fused-ring (bicyclic) bond motifs is 1. The number of ether oxygens (including phenoxy) is 1. The van der Waals surface area contributed by atoms with Crippen molar-refractivity contribution in [3.05, 3.63) is 41.2 Å². The summed E-state index contributed by atoms with van der Waals surface area (Å²) in [5.41, 5.74) is 1.00. The number of hydrogen-bond acceptors (Lipinski definition) is 2. The van der Waals surface area contributed by atoms with Gasteiger partial charge in [0.05, 0.1) is 5.56 Å². The third-order valence-corrected chi connectivity index (χ3v) is 2.57. The zero-order valence-corrected chi connectivity index (χ0v) is 9.16. The van der Waals surface area contributed by atoms with E-state index in [4.69, 9.17) is 11.2 Å². The number of halogens is 1. The Labute approximate surface area is 98.0 Å². The average molecular weight is 228 g/mol. The molecule has 0 aliphatic heterocycles. The fourth-order valence-corrected chi connectivity index (χ4v) is 1.88. The van der Waals surface area contributed by atoms with E-state index < -0.39 is 5.82 Å². The highest BCUT2D eigenvalue weighted by Crippen LogP contribution is 2.28. The van der Waals surface area contributed by atoms with E-state index in [1.54, 1.807) is 25.1 Å². The quantitative estimate of drug-likeness (QED) is 0.583. The lowest BCUT2D eigenvalue weighted by Gasteiger charge is -2.08. The second-order valence-corrected chi connectivity index (χ2v) is 3.62. The fraction of sp³-hybridized carbons (Fsp3) is 0.0714. The first-order valence-electron chi connectivity index (χ1n) is 4.97. The predicted octanol–water partition coefficient (Wildman–Crippen LogP) is 2.80. The maximum Gasteiger partial charge on any atom is 0.298 e. The van der Waals surface area contributed by atoms with Gasteiger partial charge in [-0.1, -0.05) is 12.0 Å². The van der Waals surface area contributed by atoms with Crippen LogP contribution in [-0.2, 0) is 4.79 Å². The van der Waals surface area contributed by atoms with Gasteiger partial charge in [-0.3, -0.25) is 4.79 Å². The van der Waals surface area contributed by atoms with E-state index in [1.165, 1.54) is 6.07 Å². The molecule has 17 heavy (non-hydrogen) atoms. The van der Waals surface area contributed by atoms with Crippen LogP contribution < -0.4 is 4.74 Å². The van der Waals surface area contributed by atoms with E-state index in [0.717, 1.165) is 10.9 Å². The number of rotatable bonds is 2. The summed E-state index contributed by atoms with van der Waals surface area (Å²) < 4.78 is 18.3. The van der Waals surface area contributed by atoms with Crippen molar-refractivity contribution in [1.29, 1.82) is 0 Å². The van der Waals surface area contributed by atoms with Crippen molar-refractivity contribution < 1.29 is 13.9 Å². The maximum absolute atomic E-state index is 13.5. The van der Waals surface area contributed by atoms with Crippen LogP contribution in [0.3, 0.4) is 0 Å². The Hall–Kier alpha value is -2.34. The summed E-state index contributed by atoms with van der Waals surface area (Å²) in [5, 5.41) is 1.42. The molecular weight excluding hydrogens is 219 g/mol. The molecule has 0 aliphatic carbocycles. The molecule has 0 aliphatic rings. The first-order valence-corrected chi connectivity index (χ1v) is 4.97. The standard InChI is InChI=1S/C14H9FO2/c1-3-12-13(15)5-4-10-7-11(17-8-16)6-9(2)14(10)12/h1,4-8H,2H3. The summed E-state index contributed by atoms with van der Waals surface area (Å²) in [5.74, 6) is 2.34. The molecule has 0 saturated carbocycles. The van der Waals surface area contributed by atoms with Crippen LogP contribution in [0, 0.1) is 25.1 Å². The minimum absolute atomic E-state index is 0.234. The van der Waals surface area contributed by atoms with Crippen molar-refractivity contribution in [3.8, 4) is 18.1 Å². The molecular formula is C14H9FO2. The number of hydrogen-bond donors (Lipinski definition) is 0. The molecule has 2 nitrogen and oxygen atoms in total. The molecule has 2 aromatic carbocycles. The van der Waals surface area contributed by atoms with Crippen molar-refractivity contribution in [3.63, 3.8) is 0 Å². The predicted molar refractivity (Wildman–Crippen MR) is 63.3 cm³/mol. The number of terminal acetylenes is 1. The van der Waals surface area contributed by atoms with Gasteiger partial charge in [0, 0.05) is 5.39 Å². The van der Waals surface area contributed by atoms with Gasteiger partial charge in [-0.15, -0.1) is 6.42 Å². The van der Waals surface area contributed by atoms with E-state index in [-0.39, 0.29) is 5.56 Å². The van der Waals surface area contributed by atoms with Crippen molar-refractivity contribution in [2.24, 2.45) is 0 Å². The summed E-state index contributed by atoms with van der Waals surface area (Å²) in [7, 11) is 0. The first-order chi connectivity index (χ1) is 8.17. The molecule has 0 saturated heterocycles. The zero-order chi connectivity index (χ0) is 12.4. The summed E-state index contributed by atoms with van der Waals surface area (Å²) in [6.45, 7) is 2.15. The molecule has 0 amide bonds. The largest absolute Gasteiger partial charge is 0.429 e. The number of carbonyl (C=O) groups is 1. The van der Waals surface area contributed by atoms with E-state index >= 15 is 0 Å². The third kappa shape index (κ3) is 1.85. The SMILES string of the molecule is C#Cc1c(F)ccc2cc(OC=O)cc(C)c12. The molecule has 0 spiro atoms. The van der Waals surface area contributed by atoms with Gasteiger partial charge in [-0.2, -0.15) is 0 Å². The summed E-state index contributed by atoms with van der Waals surface area (Å²) >= 11 is 0. The lowest BCUT2D eigenvalue weighted by atomic mass is 9.99. The van der Waals surface area contributed by atoms with Crippen LogP contribution in [0.1, 0.15) is 11.1 Å². The number of carbonyl (C=O) groups excluding carboxylic acids is 1. The molecule has 2 rings (SSSR count). The van der Waals surface area contributed by atoms with E-state index in [0.29, 0.717) is 17.6 Å². The lowest BCUT2D eigenvalue weighted by molar-refractivity contribution is -0.120. The van der Waals surface area contributed by atoms with E-state index in [1.807, 2.05) is 0 Å². The van der Waals surface area contributed by atoms with Crippen molar-refractivity contribution in [2.45, 2.75) is 6.92 Å². The Morgan fingerprint density at radius 3 is 2.82 bits per heavy atom. The van der Waals surface area contributed by atoms with E-state index in [2.05, 4.69) is 5.92 Å². The Morgan fingerprint density at radius 1 is 1.41 bits per heavy atom. The van der Waals surface area contributed by atoms with Crippen LogP contribution >= 0.6 is 0 Å². The molecule has 2 aromatic rings. The molecule has 0 fully saturated rings. The van der Waals surface area contributed by atoms with Crippen LogP contribution in [0.4, 0.5) is 4.39 Å². The first kappa shape index (κ1) is 11.2. The van der Waals surface area contributed by atoms with Crippen LogP contribution in [-0.4, -0.2) is 6.47 Å². The van der Waals surface area contributed by atoms with Gasteiger partial charge in [0.1, 0.15) is 11.6 Å². The van der Waals surface area contributed by atoms with Crippen molar-refractivity contribution in [1.82, 2.24) is 0 Å². The molecule has 0 radical (unpaired) electrons. The smallest absolute Gasteiger partial charge is 0.298 e. The molecule has 0 bridgehead atoms. The van der Waals surface area contributed by atoms with Crippen LogP contribution in [0.2, 0.25) is 0 Å². The fourth-order valence-electron chi connectivity index (χ4n) is 1.88. The van der Waals surface area contributed by atoms with Gasteiger partial charge in [-0.05, 0) is 36.1 Å². The Kier molecular flexibility index (Phi) is 2.80. The van der Waals surface area contributed by atoms with Crippen LogP contribution in [0.25, 0.3) is 10.8 Å². The zero-order valence-electron chi connectivity index (χ0n) is 9.16. The Bertz CT molecular complexity index is 639. The molecule has 0 atom stereocenters. The topological polar surface area (TPSA) is 26.3 Å².